The molecule has 2 aliphatic rings. The van der Waals surface area contributed by atoms with Crippen molar-refractivity contribution < 1.29 is 9.59 Å². The van der Waals surface area contributed by atoms with Crippen molar-refractivity contribution >= 4 is 34.5 Å². The maximum atomic E-state index is 12.2. The molecule has 2 aromatic rings. The van der Waals surface area contributed by atoms with Gasteiger partial charge < -0.3 is 20.4 Å². The molecule has 8 heteroatoms. The zero-order valence-electron chi connectivity index (χ0n) is 20.7. The van der Waals surface area contributed by atoms with Crippen LogP contribution in [0.1, 0.15) is 38.7 Å². The van der Waals surface area contributed by atoms with Crippen molar-refractivity contribution in [2.45, 2.75) is 46.1 Å². The Labute approximate surface area is 201 Å². The van der Waals surface area contributed by atoms with Crippen LogP contribution in [0.25, 0.3) is 10.9 Å². The molecule has 8 nitrogen and oxygen atoms in total. The summed E-state index contributed by atoms with van der Waals surface area (Å²) in [7, 11) is 1.67. The van der Waals surface area contributed by atoms with Crippen molar-refractivity contribution in [2.75, 3.05) is 43.4 Å². The number of likely N-dealkylation sites (tertiary alicyclic amines) is 1. The van der Waals surface area contributed by atoms with Gasteiger partial charge in [-0.05, 0) is 43.9 Å². The van der Waals surface area contributed by atoms with Gasteiger partial charge in [0.05, 0.1) is 5.52 Å². The molecule has 2 amide bonds. The number of nitrogens with zero attached hydrogens (tertiary/aromatic N) is 4. The predicted octanol–water partition coefficient (Wildman–Crippen LogP) is 3.13. The van der Waals surface area contributed by atoms with E-state index in [1.807, 2.05) is 11.0 Å². The lowest BCUT2D eigenvalue weighted by Gasteiger charge is -2.47. The number of rotatable bonds is 8. The molecule has 1 aromatic heterocycles. The first-order valence-corrected chi connectivity index (χ1v) is 12.1. The summed E-state index contributed by atoms with van der Waals surface area (Å²) in [6.45, 7) is 13.2. The van der Waals surface area contributed by atoms with Crippen molar-refractivity contribution in [1.82, 2.24) is 20.2 Å². The van der Waals surface area contributed by atoms with E-state index in [9.17, 15) is 9.59 Å². The quantitative estimate of drug-likeness (QED) is 0.584. The van der Waals surface area contributed by atoms with Gasteiger partial charge in [-0.1, -0.05) is 32.1 Å². The Morgan fingerprint density at radius 1 is 1.24 bits per heavy atom. The Kier molecular flexibility index (Phi) is 6.77. The number of benzene rings is 1. The Hall–Kier alpha value is -3.16. The van der Waals surface area contributed by atoms with Crippen LogP contribution in [-0.2, 0) is 9.59 Å². The maximum Gasteiger partial charge on any atom is 0.245 e. The summed E-state index contributed by atoms with van der Waals surface area (Å²) in [6, 6.07) is 6.18. The number of amides is 2. The van der Waals surface area contributed by atoms with E-state index in [0.717, 1.165) is 61.3 Å². The number of aryl methyl sites for hydroxylation is 1. The minimum absolute atomic E-state index is 0.000182. The highest BCUT2D eigenvalue weighted by Crippen LogP contribution is 2.41. The average molecular weight is 465 g/mol. The lowest BCUT2D eigenvalue weighted by Crippen LogP contribution is -2.59. The second-order valence-electron chi connectivity index (χ2n) is 10.3. The molecule has 2 fully saturated rings. The molecule has 2 N–H and O–H groups in total. The van der Waals surface area contributed by atoms with Gasteiger partial charge >= 0.3 is 0 Å². The first-order chi connectivity index (χ1) is 16.2. The first-order valence-electron chi connectivity index (χ1n) is 12.1. The van der Waals surface area contributed by atoms with Crippen molar-refractivity contribution in [3.8, 4) is 0 Å². The normalized spacial score (nSPS) is 17.7. The first kappa shape index (κ1) is 24.0. The number of carbonyl (C=O) groups is 2. The molecule has 0 radical (unpaired) electrons. The predicted molar refractivity (Wildman–Crippen MR) is 136 cm³/mol. The third-order valence-corrected chi connectivity index (χ3v) is 6.91. The van der Waals surface area contributed by atoms with Crippen molar-refractivity contribution in [3.05, 3.63) is 36.4 Å². The van der Waals surface area contributed by atoms with Crippen LogP contribution in [-0.4, -0.2) is 66.0 Å². The van der Waals surface area contributed by atoms with Crippen LogP contribution in [0.2, 0.25) is 0 Å². The van der Waals surface area contributed by atoms with E-state index in [1.165, 1.54) is 6.08 Å². The Morgan fingerprint density at radius 2 is 2.00 bits per heavy atom. The van der Waals surface area contributed by atoms with Gasteiger partial charge in [-0.2, -0.15) is 4.98 Å². The number of anilines is 2. The van der Waals surface area contributed by atoms with Crippen LogP contribution in [0.4, 0.5) is 11.8 Å². The number of fused-ring (bicyclic) bond motifs is 1. The molecule has 2 saturated heterocycles. The lowest BCUT2D eigenvalue weighted by atomic mass is 9.79. The molecule has 182 valence electrons. The van der Waals surface area contributed by atoms with Gasteiger partial charge in [-0.15, -0.1) is 0 Å². The fourth-order valence-corrected chi connectivity index (χ4v) is 5.18. The molecule has 4 rings (SSSR count). The number of nitrogens with one attached hydrogen (secondary N) is 2. The van der Waals surface area contributed by atoms with Crippen molar-refractivity contribution in [2.24, 2.45) is 11.3 Å². The minimum Gasteiger partial charge on any atom is -0.366 e. The third-order valence-electron chi connectivity index (χ3n) is 6.91. The molecule has 3 heterocycles. The smallest absolute Gasteiger partial charge is 0.245 e. The Bertz CT molecular complexity index is 1090. The molecule has 0 aliphatic carbocycles. The summed E-state index contributed by atoms with van der Waals surface area (Å²) in [5.41, 5.74) is 2.14. The topological polar surface area (TPSA) is 90.5 Å². The van der Waals surface area contributed by atoms with Crippen LogP contribution in [0, 0.1) is 18.3 Å². The SMILES string of the molecule is C=CC(=O)N1CC2(CCN(c3nc(NC(CC(=O)NC)CC(C)C)c4cc(C)ccc4n3)C2)C1. The zero-order valence-corrected chi connectivity index (χ0v) is 20.7. The Morgan fingerprint density at radius 3 is 2.68 bits per heavy atom. The van der Waals surface area contributed by atoms with E-state index in [0.29, 0.717) is 18.3 Å². The van der Waals surface area contributed by atoms with Crippen molar-refractivity contribution in [3.63, 3.8) is 0 Å². The molecule has 1 spiro atoms. The molecule has 0 saturated carbocycles. The molecule has 34 heavy (non-hydrogen) atoms. The monoisotopic (exact) mass is 464 g/mol. The highest BCUT2D eigenvalue weighted by Gasteiger charge is 2.49. The van der Waals surface area contributed by atoms with Crippen LogP contribution < -0.4 is 15.5 Å². The average Bonchev–Trinajstić information content (AvgIpc) is 3.23. The van der Waals surface area contributed by atoms with Gasteiger partial charge in [0.15, 0.2) is 0 Å². The van der Waals surface area contributed by atoms with E-state index >= 15 is 0 Å². The van der Waals surface area contributed by atoms with Gasteiger partial charge in [0.1, 0.15) is 5.82 Å². The van der Waals surface area contributed by atoms with E-state index < -0.39 is 0 Å². The van der Waals surface area contributed by atoms with Gasteiger partial charge in [0.25, 0.3) is 0 Å². The van der Waals surface area contributed by atoms with Gasteiger partial charge in [-0.3, -0.25) is 9.59 Å². The second-order valence-corrected chi connectivity index (χ2v) is 10.3. The highest BCUT2D eigenvalue weighted by molar-refractivity contribution is 5.91. The summed E-state index contributed by atoms with van der Waals surface area (Å²) in [5.74, 6) is 1.93. The summed E-state index contributed by atoms with van der Waals surface area (Å²) < 4.78 is 0. The molecule has 2 aliphatic heterocycles. The molecular weight excluding hydrogens is 428 g/mol. The van der Waals surface area contributed by atoms with Gasteiger partial charge in [0.2, 0.25) is 17.8 Å². The van der Waals surface area contributed by atoms with E-state index in [4.69, 9.17) is 9.97 Å². The van der Waals surface area contributed by atoms with Crippen molar-refractivity contribution in [1.29, 1.82) is 0 Å². The summed E-state index contributed by atoms with van der Waals surface area (Å²) >= 11 is 0. The van der Waals surface area contributed by atoms with Crippen LogP contribution in [0.15, 0.2) is 30.9 Å². The van der Waals surface area contributed by atoms with Crippen LogP contribution in [0.5, 0.6) is 0 Å². The number of carbonyl (C=O) groups excluding carboxylic acids is 2. The zero-order chi connectivity index (χ0) is 24.5. The van der Waals surface area contributed by atoms with E-state index in [2.05, 4.69) is 55.0 Å². The standard InChI is InChI=1S/C26H36N6O2/c1-6-23(34)32-15-26(16-32)9-10-31(14-26)25-29-21-8-7-18(4)12-20(21)24(30-25)28-19(11-17(2)3)13-22(33)27-5/h6-8,12,17,19H,1,9-11,13-16H2,2-5H3,(H,27,33)(H,28,29,30). The fraction of sp³-hybridized carbons (Fsp3) is 0.538. The van der Waals surface area contributed by atoms with Crippen LogP contribution in [0.3, 0.4) is 0 Å². The molecule has 0 bridgehead atoms. The minimum atomic E-state index is -0.0264. The molecule has 1 atom stereocenters. The van der Waals surface area contributed by atoms with Crippen LogP contribution >= 0.6 is 0 Å². The maximum absolute atomic E-state index is 12.2. The lowest BCUT2D eigenvalue weighted by molar-refractivity contribution is -0.136. The molecule has 1 unspecified atom stereocenters. The number of hydrogen-bond donors (Lipinski definition) is 2. The second kappa shape index (κ2) is 9.60. The summed E-state index contributed by atoms with van der Waals surface area (Å²) in [6.07, 6.45) is 3.65. The number of aromatic nitrogens is 2. The van der Waals surface area contributed by atoms with E-state index in [1.54, 1.807) is 7.05 Å². The summed E-state index contributed by atoms with van der Waals surface area (Å²) in [5, 5.41) is 7.29. The highest BCUT2D eigenvalue weighted by atomic mass is 16.2. The van der Waals surface area contributed by atoms with Gasteiger partial charge in [0, 0.05) is 56.5 Å². The molecular formula is C26H36N6O2. The molecule has 1 aromatic carbocycles. The van der Waals surface area contributed by atoms with E-state index in [-0.39, 0.29) is 23.3 Å². The number of hydrogen-bond acceptors (Lipinski definition) is 6. The fourth-order valence-electron chi connectivity index (χ4n) is 5.18. The summed E-state index contributed by atoms with van der Waals surface area (Å²) in [4.78, 5) is 38.0. The largest absolute Gasteiger partial charge is 0.366 e. The van der Waals surface area contributed by atoms with Gasteiger partial charge in [-0.25, -0.2) is 4.98 Å². The third kappa shape index (κ3) is 5.00. The Balaban J connectivity index is 1.61.